The summed E-state index contributed by atoms with van der Waals surface area (Å²) in [7, 11) is 1.44. The molecular formula is C31H31F3N8O2S. The second-order valence-corrected chi connectivity index (χ2v) is 13.8. The van der Waals surface area contributed by atoms with E-state index in [-0.39, 0.29) is 67.6 Å². The van der Waals surface area contributed by atoms with Crippen LogP contribution in [0.5, 0.6) is 5.88 Å². The SMILES string of the molecule is Cn1c(-c2ccc(F)c3sc(N)nc23)c(F)c2nc(OC[C@@]34CCCN3C[C@H](F)C4)c(C#N)c(N3CC4CCC(C3)N4)c2c1=O. The van der Waals surface area contributed by atoms with Crippen LogP contribution in [0.15, 0.2) is 16.9 Å². The van der Waals surface area contributed by atoms with Gasteiger partial charge >= 0.3 is 0 Å². The number of halogens is 3. The Labute approximate surface area is 260 Å². The smallest absolute Gasteiger partial charge is 0.262 e. The zero-order chi connectivity index (χ0) is 31.2. The van der Waals surface area contributed by atoms with Gasteiger partial charge in [0.15, 0.2) is 10.9 Å². The summed E-state index contributed by atoms with van der Waals surface area (Å²) in [5, 5.41) is 14.2. The van der Waals surface area contributed by atoms with Crippen molar-refractivity contribution in [2.75, 3.05) is 43.4 Å². The number of rotatable bonds is 5. The molecule has 4 aliphatic heterocycles. The number of nitrogens with two attached hydrogens (primary N) is 1. The molecule has 1 aromatic carbocycles. The summed E-state index contributed by atoms with van der Waals surface area (Å²) in [6.07, 6.45) is 2.89. The van der Waals surface area contributed by atoms with Crippen molar-refractivity contribution >= 4 is 43.3 Å². The number of aromatic nitrogens is 3. The van der Waals surface area contributed by atoms with Crippen LogP contribution in [0, 0.1) is 23.0 Å². The monoisotopic (exact) mass is 636 g/mol. The number of hydrogen-bond acceptors (Lipinski definition) is 10. The number of anilines is 2. The molecule has 3 aromatic heterocycles. The standard InChI is InChI=1S/C31H31F3N8O2S/c1-40-26(18-5-6-20(33)27-23(18)39-30(36)45-27)22(34)24-21(29(40)43)25(41-12-16-3-4-17(13-41)37-16)19(10-35)28(38-24)44-14-31-7-2-8-42(31)11-15(32)9-31/h5-6,15-17,37H,2-4,7-9,11-14H2,1H3,(H2,36,39)/t15-,16?,17?,31+/m1/s1. The Morgan fingerprint density at radius 1 is 1.20 bits per heavy atom. The molecule has 0 saturated carbocycles. The Bertz CT molecular complexity index is 1980. The number of nitriles is 1. The summed E-state index contributed by atoms with van der Waals surface area (Å²) < 4.78 is 53.8. The van der Waals surface area contributed by atoms with Crippen molar-refractivity contribution in [3.8, 4) is 23.2 Å². The molecule has 4 aliphatic rings. The van der Waals surface area contributed by atoms with Crippen LogP contribution >= 0.6 is 11.3 Å². The maximum absolute atomic E-state index is 17.0. The van der Waals surface area contributed by atoms with Crippen molar-refractivity contribution in [1.29, 1.82) is 5.26 Å². The van der Waals surface area contributed by atoms with Crippen LogP contribution in [0.4, 0.5) is 24.0 Å². The Morgan fingerprint density at radius 3 is 2.73 bits per heavy atom. The maximum Gasteiger partial charge on any atom is 0.262 e. The van der Waals surface area contributed by atoms with Crippen LogP contribution in [0.2, 0.25) is 0 Å². The highest BCUT2D eigenvalue weighted by Crippen LogP contribution is 2.43. The fraction of sp³-hybridized carbons (Fsp3) is 0.484. The summed E-state index contributed by atoms with van der Waals surface area (Å²) >= 11 is 0.935. The summed E-state index contributed by atoms with van der Waals surface area (Å²) in [4.78, 5) is 27.1. The first kappa shape index (κ1) is 28.5. The molecule has 45 heavy (non-hydrogen) atoms. The van der Waals surface area contributed by atoms with Gasteiger partial charge in [0.05, 0.1) is 32.5 Å². The lowest BCUT2D eigenvalue weighted by atomic mass is 9.95. The zero-order valence-electron chi connectivity index (χ0n) is 24.6. The lowest BCUT2D eigenvalue weighted by Crippen LogP contribution is -2.51. The van der Waals surface area contributed by atoms with Gasteiger partial charge in [-0.15, -0.1) is 0 Å². The molecule has 0 spiro atoms. The fourth-order valence-electron chi connectivity index (χ4n) is 8.08. The predicted octanol–water partition coefficient (Wildman–Crippen LogP) is 3.84. The van der Waals surface area contributed by atoms with Gasteiger partial charge in [-0.25, -0.2) is 23.1 Å². The number of piperazine rings is 1. The van der Waals surface area contributed by atoms with Crippen LogP contribution in [-0.4, -0.2) is 76.0 Å². The van der Waals surface area contributed by atoms with Crippen molar-refractivity contribution < 1.29 is 17.9 Å². The molecule has 3 N–H and O–H groups in total. The minimum atomic E-state index is -0.976. The van der Waals surface area contributed by atoms with Gasteiger partial charge in [-0.2, -0.15) is 5.26 Å². The van der Waals surface area contributed by atoms with Gasteiger partial charge in [-0.05, 0) is 44.4 Å². The van der Waals surface area contributed by atoms with Crippen molar-refractivity contribution in [1.82, 2.24) is 24.8 Å². The van der Waals surface area contributed by atoms with Gasteiger partial charge in [-0.3, -0.25) is 9.69 Å². The second kappa shape index (κ2) is 10.3. The van der Waals surface area contributed by atoms with Gasteiger partial charge < -0.3 is 25.3 Å². The third kappa shape index (κ3) is 4.31. The van der Waals surface area contributed by atoms with Crippen LogP contribution in [0.3, 0.4) is 0 Å². The third-order valence-electron chi connectivity index (χ3n) is 10.1. The zero-order valence-corrected chi connectivity index (χ0v) is 25.4. The Morgan fingerprint density at radius 2 is 1.98 bits per heavy atom. The first-order valence-corrected chi connectivity index (χ1v) is 16.0. The predicted molar refractivity (Wildman–Crippen MR) is 165 cm³/mol. The number of hydrogen-bond donors (Lipinski definition) is 2. The van der Waals surface area contributed by atoms with E-state index in [4.69, 9.17) is 10.5 Å². The fourth-order valence-corrected chi connectivity index (χ4v) is 8.84. The minimum Gasteiger partial charge on any atom is -0.475 e. The number of nitrogen functional groups attached to an aromatic ring is 1. The molecule has 4 saturated heterocycles. The Balaban J connectivity index is 1.35. The number of alkyl halides is 1. The highest BCUT2D eigenvalue weighted by molar-refractivity contribution is 7.22. The number of benzene rings is 1. The van der Waals surface area contributed by atoms with E-state index < -0.39 is 28.9 Å². The van der Waals surface area contributed by atoms with Crippen molar-refractivity contribution in [2.45, 2.75) is 55.9 Å². The average Bonchev–Trinajstić information content (AvgIpc) is 3.77. The van der Waals surface area contributed by atoms with Crippen LogP contribution in [0.25, 0.3) is 32.4 Å². The molecule has 10 nitrogen and oxygen atoms in total. The molecule has 4 aromatic rings. The summed E-state index contributed by atoms with van der Waals surface area (Å²) in [6, 6.07) is 5.10. The number of nitrogens with zero attached hydrogens (tertiary/aromatic N) is 6. The van der Waals surface area contributed by atoms with Gasteiger partial charge in [0.1, 0.15) is 35.7 Å². The van der Waals surface area contributed by atoms with E-state index in [0.29, 0.717) is 31.7 Å². The molecule has 0 aliphatic carbocycles. The van der Waals surface area contributed by atoms with Gasteiger partial charge in [0.25, 0.3) is 5.56 Å². The van der Waals surface area contributed by atoms with E-state index in [2.05, 4.69) is 26.3 Å². The van der Waals surface area contributed by atoms with Crippen LogP contribution < -0.4 is 26.2 Å². The highest BCUT2D eigenvalue weighted by Gasteiger charge is 2.49. The van der Waals surface area contributed by atoms with Crippen molar-refractivity contribution in [3.05, 3.63) is 39.7 Å². The van der Waals surface area contributed by atoms with Crippen molar-refractivity contribution in [3.63, 3.8) is 0 Å². The molecule has 234 valence electrons. The number of ether oxygens (including phenoxy) is 1. The summed E-state index contributed by atoms with van der Waals surface area (Å²) in [5.74, 6) is -1.47. The molecule has 0 amide bonds. The van der Waals surface area contributed by atoms with E-state index in [0.717, 1.165) is 43.6 Å². The molecule has 2 unspecified atom stereocenters. The lowest BCUT2D eigenvalue weighted by molar-refractivity contribution is 0.110. The first-order chi connectivity index (χ1) is 21.7. The number of fused-ring (bicyclic) bond motifs is 5. The Hall–Kier alpha value is -3.93. The van der Waals surface area contributed by atoms with Crippen molar-refractivity contribution in [2.24, 2.45) is 7.05 Å². The Kier molecular flexibility index (Phi) is 6.53. The van der Waals surface area contributed by atoms with Gasteiger partial charge in [0.2, 0.25) is 5.88 Å². The second-order valence-electron chi connectivity index (χ2n) is 12.7. The molecule has 4 fully saturated rings. The maximum atomic E-state index is 17.0. The largest absolute Gasteiger partial charge is 0.475 e. The number of pyridine rings is 2. The molecular weight excluding hydrogens is 605 g/mol. The molecule has 0 radical (unpaired) electrons. The lowest BCUT2D eigenvalue weighted by Gasteiger charge is -2.36. The first-order valence-electron chi connectivity index (χ1n) is 15.2. The van der Waals surface area contributed by atoms with E-state index in [9.17, 15) is 18.8 Å². The average molecular weight is 637 g/mol. The molecule has 14 heteroatoms. The van der Waals surface area contributed by atoms with E-state index in [1.54, 1.807) is 0 Å². The molecule has 7 heterocycles. The summed E-state index contributed by atoms with van der Waals surface area (Å²) in [5.41, 5.74) is 5.10. The van der Waals surface area contributed by atoms with Crippen LogP contribution in [0.1, 0.15) is 37.7 Å². The van der Waals surface area contributed by atoms with Crippen LogP contribution in [-0.2, 0) is 7.05 Å². The summed E-state index contributed by atoms with van der Waals surface area (Å²) in [6.45, 7) is 2.22. The number of thiazole rings is 1. The topological polar surface area (TPSA) is 125 Å². The quantitative estimate of drug-likeness (QED) is 0.336. The van der Waals surface area contributed by atoms with E-state index in [1.165, 1.54) is 23.7 Å². The van der Waals surface area contributed by atoms with Gasteiger partial charge in [0, 0.05) is 50.7 Å². The minimum absolute atomic E-state index is 0.0227. The molecule has 2 bridgehead atoms. The molecule has 4 atom stereocenters. The van der Waals surface area contributed by atoms with E-state index in [1.807, 2.05) is 4.90 Å². The highest BCUT2D eigenvalue weighted by atomic mass is 32.1. The third-order valence-corrected chi connectivity index (χ3v) is 11.0. The van der Waals surface area contributed by atoms with E-state index >= 15 is 4.39 Å². The van der Waals surface area contributed by atoms with Gasteiger partial charge in [-0.1, -0.05) is 11.3 Å². The molecule has 8 rings (SSSR count). The number of nitrogens with one attached hydrogen (secondary N) is 1. The normalized spacial score (nSPS) is 26.2.